The standard InChI is InChI=1S/C11H10O2/c12-8-2-1-3-10-4-6-11(9-13)7-5-10/h4-7,9,12H,3,8H2. The van der Waals surface area contributed by atoms with Crippen molar-refractivity contribution in [2.45, 2.75) is 6.42 Å². The first kappa shape index (κ1) is 9.50. The van der Waals surface area contributed by atoms with Crippen LogP contribution >= 0.6 is 0 Å². The smallest absolute Gasteiger partial charge is 0.150 e. The van der Waals surface area contributed by atoms with Crippen LogP contribution in [0.4, 0.5) is 0 Å². The predicted octanol–water partition coefficient (Wildman–Crippen LogP) is 1.04. The molecular weight excluding hydrogens is 164 g/mol. The van der Waals surface area contributed by atoms with Gasteiger partial charge in [0.05, 0.1) is 0 Å². The molecule has 1 rings (SSSR count). The normalized spacial score (nSPS) is 8.69. The molecule has 0 aliphatic rings. The van der Waals surface area contributed by atoms with Crippen LogP contribution in [0.15, 0.2) is 24.3 Å². The Morgan fingerprint density at radius 3 is 2.46 bits per heavy atom. The van der Waals surface area contributed by atoms with E-state index < -0.39 is 0 Å². The third kappa shape index (κ3) is 3.10. The summed E-state index contributed by atoms with van der Waals surface area (Å²) >= 11 is 0. The highest BCUT2D eigenvalue weighted by Gasteiger charge is 1.90. The van der Waals surface area contributed by atoms with E-state index in [4.69, 9.17) is 5.11 Å². The second-order valence-electron chi connectivity index (χ2n) is 2.55. The molecule has 2 nitrogen and oxygen atoms in total. The van der Waals surface area contributed by atoms with Crippen molar-refractivity contribution in [3.63, 3.8) is 0 Å². The van der Waals surface area contributed by atoms with Crippen molar-refractivity contribution >= 4 is 6.29 Å². The Kier molecular flexibility index (Phi) is 3.74. The Balaban J connectivity index is 2.64. The van der Waals surface area contributed by atoms with Crippen LogP contribution in [0.3, 0.4) is 0 Å². The quantitative estimate of drug-likeness (QED) is 0.537. The van der Waals surface area contributed by atoms with Gasteiger partial charge in [-0.15, -0.1) is 0 Å². The maximum atomic E-state index is 10.3. The van der Waals surface area contributed by atoms with Crippen LogP contribution in [-0.4, -0.2) is 18.0 Å². The molecule has 0 amide bonds. The highest BCUT2D eigenvalue weighted by Crippen LogP contribution is 2.02. The van der Waals surface area contributed by atoms with Gasteiger partial charge in [0.1, 0.15) is 12.9 Å². The first-order valence-corrected chi connectivity index (χ1v) is 3.97. The summed E-state index contributed by atoms with van der Waals surface area (Å²) in [6.45, 7) is -0.105. The molecule has 1 aromatic rings. The Labute approximate surface area is 77.2 Å². The molecule has 13 heavy (non-hydrogen) atoms. The summed E-state index contributed by atoms with van der Waals surface area (Å²) in [6, 6.07) is 7.22. The molecule has 0 fully saturated rings. The molecule has 0 aliphatic carbocycles. The summed E-state index contributed by atoms with van der Waals surface area (Å²) in [5.74, 6) is 5.36. The van der Waals surface area contributed by atoms with Crippen molar-refractivity contribution in [1.29, 1.82) is 0 Å². The second kappa shape index (κ2) is 5.13. The minimum Gasteiger partial charge on any atom is -0.384 e. The number of carbonyl (C=O) groups is 1. The Morgan fingerprint density at radius 2 is 1.92 bits per heavy atom. The predicted molar refractivity (Wildman–Crippen MR) is 50.4 cm³/mol. The molecule has 1 N–H and O–H groups in total. The van der Waals surface area contributed by atoms with Crippen LogP contribution in [-0.2, 0) is 6.42 Å². The van der Waals surface area contributed by atoms with E-state index in [0.717, 1.165) is 11.8 Å². The highest BCUT2D eigenvalue weighted by atomic mass is 16.2. The first-order valence-electron chi connectivity index (χ1n) is 3.97. The molecule has 0 atom stereocenters. The second-order valence-corrected chi connectivity index (χ2v) is 2.55. The van der Waals surface area contributed by atoms with Gasteiger partial charge in [0.15, 0.2) is 0 Å². The van der Waals surface area contributed by atoms with Crippen LogP contribution in [0.1, 0.15) is 15.9 Å². The number of carbonyl (C=O) groups excluding carboxylic acids is 1. The van der Waals surface area contributed by atoms with Crippen molar-refractivity contribution in [2.75, 3.05) is 6.61 Å². The van der Waals surface area contributed by atoms with Crippen molar-refractivity contribution in [2.24, 2.45) is 0 Å². The number of hydrogen-bond donors (Lipinski definition) is 1. The Hall–Kier alpha value is -1.59. The van der Waals surface area contributed by atoms with Gasteiger partial charge in [-0.25, -0.2) is 0 Å². The number of aliphatic hydroxyl groups excluding tert-OH is 1. The van der Waals surface area contributed by atoms with Gasteiger partial charge in [-0.3, -0.25) is 4.79 Å². The zero-order valence-corrected chi connectivity index (χ0v) is 7.16. The molecule has 0 aromatic heterocycles. The van der Waals surface area contributed by atoms with Crippen LogP contribution in [0.5, 0.6) is 0 Å². The molecular formula is C11H10O2. The molecule has 0 spiro atoms. The van der Waals surface area contributed by atoms with Crippen molar-refractivity contribution in [3.05, 3.63) is 35.4 Å². The number of rotatable bonds is 2. The van der Waals surface area contributed by atoms with Gasteiger partial charge in [0.25, 0.3) is 0 Å². The fraction of sp³-hybridized carbons (Fsp3) is 0.182. The molecule has 0 unspecified atom stereocenters. The molecule has 66 valence electrons. The summed E-state index contributed by atoms with van der Waals surface area (Å²) in [5.41, 5.74) is 1.71. The fourth-order valence-electron chi connectivity index (χ4n) is 0.935. The lowest BCUT2D eigenvalue weighted by molar-refractivity contribution is 0.112. The maximum Gasteiger partial charge on any atom is 0.150 e. The summed E-state index contributed by atoms with van der Waals surface area (Å²) in [5, 5.41) is 8.41. The monoisotopic (exact) mass is 174 g/mol. The average molecular weight is 174 g/mol. The largest absolute Gasteiger partial charge is 0.384 e. The van der Waals surface area contributed by atoms with E-state index in [1.54, 1.807) is 12.1 Å². The van der Waals surface area contributed by atoms with E-state index in [9.17, 15) is 4.79 Å². The molecule has 0 aliphatic heterocycles. The molecule has 0 saturated carbocycles. The van der Waals surface area contributed by atoms with Crippen molar-refractivity contribution < 1.29 is 9.90 Å². The summed E-state index contributed by atoms with van der Waals surface area (Å²) in [7, 11) is 0. The third-order valence-corrected chi connectivity index (χ3v) is 1.61. The van der Waals surface area contributed by atoms with E-state index in [2.05, 4.69) is 11.8 Å². The SMILES string of the molecule is O=Cc1ccc(CC#CCO)cc1. The molecule has 1 aromatic carbocycles. The maximum absolute atomic E-state index is 10.3. The fourth-order valence-corrected chi connectivity index (χ4v) is 0.935. The lowest BCUT2D eigenvalue weighted by Gasteiger charge is -1.94. The van der Waals surface area contributed by atoms with Gasteiger partial charge >= 0.3 is 0 Å². The average Bonchev–Trinajstić information content (AvgIpc) is 2.19. The zero-order chi connectivity index (χ0) is 9.52. The first-order chi connectivity index (χ1) is 6.36. The van der Waals surface area contributed by atoms with Gasteiger partial charge in [-0.2, -0.15) is 0 Å². The van der Waals surface area contributed by atoms with E-state index in [0.29, 0.717) is 12.0 Å². The van der Waals surface area contributed by atoms with Crippen LogP contribution < -0.4 is 0 Å². The Morgan fingerprint density at radius 1 is 1.23 bits per heavy atom. The molecule has 0 heterocycles. The van der Waals surface area contributed by atoms with E-state index in [1.165, 1.54) is 0 Å². The van der Waals surface area contributed by atoms with Gasteiger partial charge < -0.3 is 5.11 Å². The minimum absolute atomic E-state index is 0.105. The Bertz CT molecular complexity index is 327. The molecule has 2 heteroatoms. The van der Waals surface area contributed by atoms with Crippen LogP contribution in [0.2, 0.25) is 0 Å². The number of benzene rings is 1. The summed E-state index contributed by atoms with van der Waals surface area (Å²) in [6.07, 6.45) is 1.42. The zero-order valence-electron chi connectivity index (χ0n) is 7.16. The number of hydrogen-bond acceptors (Lipinski definition) is 2. The lowest BCUT2D eigenvalue weighted by Crippen LogP contribution is -1.84. The summed E-state index contributed by atoms with van der Waals surface area (Å²) < 4.78 is 0. The molecule has 0 saturated heterocycles. The van der Waals surface area contributed by atoms with E-state index in [1.807, 2.05) is 12.1 Å². The van der Waals surface area contributed by atoms with E-state index >= 15 is 0 Å². The van der Waals surface area contributed by atoms with Gasteiger partial charge in [-0.1, -0.05) is 36.1 Å². The lowest BCUT2D eigenvalue weighted by atomic mass is 10.1. The van der Waals surface area contributed by atoms with Gasteiger partial charge in [0, 0.05) is 12.0 Å². The number of aldehydes is 1. The number of aliphatic hydroxyl groups is 1. The van der Waals surface area contributed by atoms with Crippen molar-refractivity contribution in [3.8, 4) is 11.8 Å². The summed E-state index contributed by atoms with van der Waals surface area (Å²) in [4.78, 5) is 10.3. The van der Waals surface area contributed by atoms with Gasteiger partial charge in [0.2, 0.25) is 0 Å². The minimum atomic E-state index is -0.105. The van der Waals surface area contributed by atoms with Gasteiger partial charge in [-0.05, 0) is 5.56 Å². The van der Waals surface area contributed by atoms with Crippen LogP contribution in [0.25, 0.3) is 0 Å². The molecule has 0 bridgehead atoms. The topological polar surface area (TPSA) is 37.3 Å². The van der Waals surface area contributed by atoms with Crippen LogP contribution in [0, 0.1) is 11.8 Å². The highest BCUT2D eigenvalue weighted by molar-refractivity contribution is 5.74. The van der Waals surface area contributed by atoms with Crippen molar-refractivity contribution in [1.82, 2.24) is 0 Å². The van der Waals surface area contributed by atoms with E-state index in [-0.39, 0.29) is 6.61 Å². The molecule has 0 radical (unpaired) electrons. The third-order valence-electron chi connectivity index (χ3n) is 1.61.